The van der Waals surface area contributed by atoms with E-state index in [0.717, 1.165) is 4.96 Å². The van der Waals surface area contributed by atoms with Gasteiger partial charge in [-0.05, 0) is 5.41 Å². The van der Waals surface area contributed by atoms with Gasteiger partial charge < -0.3 is 5.32 Å². The molecule has 2 heterocycles. The Bertz CT molecular complexity index is 478. The van der Waals surface area contributed by atoms with E-state index in [0.29, 0.717) is 12.2 Å². The quantitative estimate of drug-likeness (QED) is 0.870. The monoisotopic (exact) mass is 237 g/mol. The van der Waals surface area contributed by atoms with Gasteiger partial charge in [-0.1, -0.05) is 20.8 Å². The lowest BCUT2D eigenvalue weighted by Gasteiger charge is -2.17. The van der Waals surface area contributed by atoms with Crippen LogP contribution in [-0.4, -0.2) is 21.8 Å². The maximum absolute atomic E-state index is 11.8. The van der Waals surface area contributed by atoms with Crippen molar-refractivity contribution < 1.29 is 4.79 Å². The molecule has 16 heavy (non-hydrogen) atoms. The highest BCUT2D eigenvalue weighted by atomic mass is 32.1. The highest BCUT2D eigenvalue weighted by Crippen LogP contribution is 2.13. The fourth-order valence-electron chi connectivity index (χ4n) is 1.27. The van der Waals surface area contributed by atoms with Crippen LogP contribution in [0.5, 0.6) is 0 Å². The third kappa shape index (κ3) is 2.41. The maximum Gasteiger partial charge on any atom is 0.271 e. The number of carbonyl (C=O) groups excluding carboxylic acids is 1. The second-order valence-corrected chi connectivity index (χ2v) is 5.84. The summed E-state index contributed by atoms with van der Waals surface area (Å²) in [7, 11) is 0. The Morgan fingerprint density at radius 3 is 2.94 bits per heavy atom. The summed E-state index contributed by atoms with van der Waals surface area (Å²) in [5, 5.41) is 4.82. The van der Waals surface area contributed by atoms with Crippen LogP contribution < -0.4 is 5.32 Å². The van der Waals surface area contributed by atoms with E-state index in [2.05, 4.69) is 31.1 Å². The molecule has 4 nitrogen and oxygen atoms in total. The highest BCUT2D eigenvalue weighted by molar-refractivity contribution is 7.15. The van der Waals surface area contributed by atoms with Crippen molar-refractivity contribution in [3.8, 4) is 0 Å². The molecule has 1 amide bonds. The standard InChI is InChI=1S/C11H15N3OS/c1-11(2,3)7-12-9(15)8-6-14-4-5-16-10(14)13-8/h4-6H,7H2,1-3H3,(H,12,15). The predicted octanol–water partition coefficient (Wildman–Crippen LogP) is 2.17. The maximum atomic E-state index is 11.8. The first kappa shape index (κ1) is 11.1. The van der Waals surface area contributed by atoms with Gasteiger partial charge in [0.2, 0.25) is 0 Å². The third-order valence-electron chi connectivity index (χ3n) is 2.11. The molecule has 0 aliphatic carbocycles. The average Bonchev–Trinajstić information content (AvgIpc) is 2.71. The number of hydrogen-bond donors (Lipinski definition) is 1. The Labute approximate surface area is 98.3 Å². The number of carbonyl (C=O) groups is 1. The van der Waals surface area contributed by atoms with Crippen LogP contribution in [-0.2, 0) is 0 Å². The Morgan fingerprint density at radius 2 is 2.31 bits per heavy atom. The fourth-order valence-corrected chi connectivity index (χ4v) is 1.97. The summed E-state index contributed by atoms with van der Waals surface area (Å²) in [5.41, 5.74) is 0.573. The van der Waals surface area contributed by atoms with E-state index in [1.807, 2.05) is 16.0 Å². The van der Waals surface area contributed by atoms with Gasteiger partial charge in [-0.3, -0.25) is 9.20 Å². The van der Waals surface area contributed by atoms with Crippen molar-refractivity contribution in [3.63, 3.8) is 0 Å². The molecular formula is C11H15N3OS. The number of rotatable bonds is 2. The molecule has 0 aliphatic rings. The molecule has 2 aromatic rings. The summed E-state index contributed by atoms with van der Waals surface area (Å²) in [6, 6.07) is 0. The van der Waals surface area contributed by atoms with Crippen LogP contribution in [0.15, 0.2) is 17.8 Å². The Balaban J connectivity index is 2.08. The van der Waals surface area contributed by atoms with E-state index in [-0.39, 0.29) is 11.3 Å². The summed E-state index contributed by atoms with van der Waals surface area (Å²) in [6.07, 6.45) is 3.65. The van der Waals surface area contributed by atoms with E-state index in [4.69, 9.17) is 0 Å². The molecule has 0 radical (unpaired) electrons. The average molecular weight is 237 g/mol. The SMILES string of the molecule is CC(C)(C)CNC(=O)c1cn2ccsc2n1. The van der Waals surface area contributed by atoms with Crippen molar-refractivity contribution in [2.24, 2.45) is 5.41 Å². The van der Waals surface area contributed by atoms with Crippen LogP contribution in [0.25, 0.3) is 4.96 Å². The van der Waals surface area contributed by atoms with Crippen LogP contribution in [0.4, 0.5) is 0 Å². The van der Waals surface area contributed by atoms with Crippen LogP contribution in [0.2, 0.25) is 0 Å². The van der Waals surface area contributed by atoms with Gasteiger partial charge in [-0.2, -0.15) is 0 Å². The molecule has 0 unspecified atom stereocenters. The normalized spacial score (nSPS) is 11.9. The molecule has 0 saturated heterocycles. The van der Waals surface area contributed by atoms with Crippen LogP contribution in [0, 0.1) is 5.41 Å². The molecule has 0 saturated carbocycles. The van der Waals surface area contributed by atoms with E-state index >= 15 is 0 Å². The molecule has 1 N–H and O–H groups in total. The third-order valence-corrected chi connectivity index (χ3v) is 2.88. The van der Waals surface area contributed by atoms with Crippen molar-refractivity contribution in [1.29, 1.82) is 0 Å². The molecular weight excluding hydrogens is 222 g/mol. The van der Waals surface area contributed by atoms with Gasteiger partial charge in [0.15, 0.2) is 4.96 Å². The minimum absolute atomic E-state index is 0.0901. The zero-order valence-corrected chi connectivity index (χ0v) is 10.5. The minimum Gasteiger partial charge on any atom is -0.350 e. The summed E-state index contributed by atoms with van der Waals surface area (Å²) in [4.78, 5) is 16.9. The Hall–Kier alpha value is -1.36. The molecule has 0 atom stereocenters. The number of nitrogens with one attached hydrogen (secondary N) is 1. The fraction of sp³-hybridized carbons (Fsp3) is 0.455. The second kappa shape index (κ2) is 3.90. The second-order valence-electron chi connectivity index (χ2n) is 4.96. The number of fused-ring (bicyclic) bond motifs is 1. The zero-order valence-electron chi connectivity index (χ0n) is 9.65. The Morgan fingerprint density at radius 1 is 1.56 bits per heavy atom. The summed E-state index contributed by atoms with van der Waals surface area (Å²) >= 11 is 1.52. The zero-order chi connectivity index (χ0) is 11.8. The molecule has 2 aromatic heterocycles. The molecule has 0 aromatic carbocycles. The number of imidazole rings is 1. The largest absolute Gasteiger partial charge is 0.350 e. The van der Waals surface area contributed by atoms with Gasteiger partial charge in [-0.25, -0.2) is 4.98 Å². The van der Waals surface area contributed by atoms with Gasteiger partial charge in [0, 0.05) is 24.3 Å². The van der Waals surface area contributed by atoms with E-state index < -0.39 is 0 Å². The van der Waals surface area contributed by atoms with E-state index in [9.17, 15) is 4.79 Å². The van der Waals surface area contributed by atoms with E-state index in [1.54, 1.807) is 6.20 Å². The topological polar surface area (TPSA) is 46.4 Å². The molecule has 5 heteroatoms. The van der Waals surface area contributed by atoms with Crippen molar-refractivity contribution in [1.82, 2.24) is 14.7 Å². The molecule has 0 bridgehead atoms. The lowest BCUT2D eigenvalue weighted by Crippen LogP contribution is -2.32. The number of amides is 1. The predicted molar refractivity (Wildman–Crippen MR) is 64.9 cm³/mol. The van der Waals surface area contributed by atoms with Crippen LogP contribution in [0.1, 0.15) is 31.3 Å². The van der Waals surface area contributed by atoms with Gasteiger partial charge in [-0.15, -0.1) is 11.3 Å². The Kier molecular flexibility index (Phi) is 2.71. The summed E-state index contributed by atoms with van der Waals surface area (Å²) in [5.74, 6) is -0.106. The number of nitrogens with zero attached hydrogens (tertiary/aromatic N) is 2. The molecule has 0 fully saturated rings. The summed E-state index contributed by atoms with van der Waals surface area (Å²) in [6.45, 7) is 6.90. The van der Waals surface area contributed by atoms with Crippen LogP contribution >= 0.6 is 11.3 Å². The molecule has 2 rings (SSSR count). The molecule has 0 spiro atoms. The first-order valence-electron chi connectivity index (χ1n) is 5.16. The lowest BCUT2D eigenvalue weighted by molar-refractivity contribution is 0.0935. The minimum atomic E-state index is -0.106. The van der Waals surface area contributed by atoms with Gasteiger partial charge in [0.1, 0.15) is 5.69 Å². The first-order valence-corrected chi connectivity index (χ1v) is 6.04. The van der Waals surface area contributed by atoms with Gasteiger partial charge >= 0.3 is 0 Å². The van der Waals surface area contributed by atoms with Crippen molar-refractivity contribution in [3.05, 3.63) is 23.5 Å². The van der Waals surface area contributed by atoms with Crippen molar-refractivity contribution >= 4 is 22.2 Å². The van der Waals surface area contributed by atoms with Crippen molar-refractivity contribution in [2.45, 2.75) is 20.8 Å². The number of hydrogen-bond acceptors (Lipinski definition) is 3. The molecule has 86 valence electrons. The number of aromatic nitrogens is 2. The number of thiazole rings is 1. The van der Waals surface area contributed by atoms with Gasteiger partial charge in [0.25, 0.3) is 5.91 Å². The lowest BCUT2D eigenvalue weighted by atomic mass is 9.97. The smallest absolute Gasteiger partial charge is 0.271 e. The van der Waals surface area contributed by atoms with Crippen molar-refractivity contribution in [2.75, 3.05) is 6.54 Å². The summed E-state index contributed by atoms with van der Waals surface area (Å²) < 4.78 is 1.86. The van der Waals surface area contributed by atoms with E-state index in [1.165, 1.54) is 11.3 Å². The molecule has 0 aliphatic heterocycles. The highest BCUT2D eigenvalue weighted by Gasteiger charge is 2.15. The van der Waals surface area contributed by atoms with Gasteiger partial charge in [0.05, 0.1) is 0 Å². The first-order chi connectivity index (χ1) is 7.46. The van der Waals surface area contributed by atoms with Crippen LogP contribution in [0.3, 0.4) is 0 Å².